The van der Waals surface area contributed by atoms with E-state index in [-0.39, 0.29) is 11.9 Å². The van der Waals surface area contributed by atoms with Crippen LogP contribution in [0.5, 0.6) is 0 Å². The van der Waals surface area contributed by atoms with Gasteiger partial charge in [-0.1, -0.05) is 6.07 Å². The Hall–Kier alpha value is -2.25. The van der Waals surface area contributed by atoms with Gasteiger partial charge in [-0.05, 0) is 37.0 Å². The van der Waals surface area contributed by atoms with Gasteiger partial charge in [-0.3, -0.25) is 0 Å². The van der Waals surface area contributed by atoms with E-state index >= 15 is 0 Å². The van der Waals surface area contributed by atoms with Crippen LogP contribution in [0.4, 0.5) is 16.0 Å². The Balaban J connectivity index is 1.65. The van der Waals surface area contributed by atoms with Gasteiger partial charge in [0.05, 0.1) is 6.61 Å². The molecule has 0 radical (unpaired) electrons. The molecular formula is C19H24FN5O. The van der Waals surface area contributed by atoms with Crippen molar-refractivity contribution in [1.29, 1.82) is 0 Å². The summed E-state index contributed by atoms with van der Waals surface area (Å²) in [6.07, 6.45) is 3.98. The molecule has 1 saturated heterocycles. The zero-order chi connectivity index (χ0) is 18.1. The number of ether oxygens (including phenoxy) is 1. The Morgan fingerprint density at radius 3 is 3.08 bits per heavy atom. The lowest BCUT2D eigenvalue weighted by Gasteiger charge is -2.33. The van der Waals surface area contributed by atoms with Gasteiger partial charge in [0.15, 0.2) is 0 Å². The van der Waals surface area contributed by atoms with E-state index in [4.69, 9.17) is 9.72 Å². The number of hydrogen-bond donors (Lipinski definition) is 1. The van der Waals surface area contributed by atoms with Gasteiger partial charge in [0.2, 0.25) is 0 Å². The third-order valence-corrected chi connectivity index (χ3v) is 5.17. The van der Waals surface area contributed by atoms with Crippen LogP contribution in [-0.4, -0.2) is 48.8 Å². The van der Waals surface area contributed by atoms with Crippen molar-refractivity contribution in [3.8, 4) is 0 Å². The number of nitrogens with zero attached hydrogens (tertiary/aromatic N) is 4. The molecule has 0 aliphatic carbocycles. The molecule has 138 valence electrons. The van der Waals surface area contributed by atoms with Crippen molar-refractivity contribution in [3.05, 3.63) is 47.5 Å². The van der Waals surface area contributed by atoms with Crippen molar-refractivity contribution in [2.45, 2.75) is 18.9 Å². The molecule has 2 aromatic heterocycles. The molecule has 0 saturated carbocycles. The Morgan fingerprint density at radius 1 is 1.35 bits per heavy atom. The summed E-state index contributed by atoms with van der Waals surface area (Å²) < 4.78 is 20.0. The number of fused-ring (bicyclic) bond motifs is 1. The summed E-state index contributed by atoms with van der Waals surface area (Å²) in [7, 11) is 3.62. The third-order valence-electron chi connectivity index (χ3n) is 5.17. The molecule has 0 spiro atoms. The number of halogens is 1. The summed E-state index contributed by atoms with van der Waals surface area (Å²) in [6.45, 7) is 2.58. The van der Waals surface area contributed by atoms with Gasteiger partial charge in [0.25, 0.3) is 0 Å². The van der Waals surface area contributed by atoms with E-state index in [0.29, 0.717) is 11.6 Å². The highest BCUT2D eigenvalue weighted by atomic mass is 19.1. The quantitative estimate of drug-likeness (QED) is 0.908. The van der Waals surface area contributed by atoms with E-state index < -0.39 is 0 Å². The summed E-state index contributed by atoms with van der Waals surface area (Å²) in [5.41, 5.74) is 4.55. The molecule has 2 atom stereocenters. The molecule has 4 heterocycles. The number of hydrogen-bond acceptors (Lipinski definition) is 6. The summed E-state index contributed by atoms with van der Waals surface area (Å²) in [5, 5.41) is 1.86. The van der Waals surface area contributed by atoms with E-state index in [2.05, 4.69) is 15.3 Å². The number of rotatable bonds is 4. The molecule has 0 bridgehead atoms. The number of anilines is 2. The van der Waals surface area contributed by atoms with Crippen molar-refractivity contribution >= 4 is 11.6 Å². The molecule has 0 aromatic carbocycles. The maximum Gasteiger partial charge on any atom is 0.146 e. The third kappa shape index (κ3) is 3.12. The zero-order valence-electron chi connectivity index (χ0n) is 15.2. The molecule has 1 fully saturated rings. The monoisotopic (exact) mass is 357 g/mol. The van der Waals surface area contributed by atoms with Gasteiger partial charge in [-0.15, -0.1) is 0 Å². The fourth-order valence-electron chi connectivity index (χ4n) is 3.96. The number of hydrazine groups is 1. The second-order valence-electron chi connectivity index (χ2n) is 7.01. The molecule has 2 aliphatic heterocycles. The van der Waals surface area contributed by atoms with Gasteiger partial charge in [0.1, 0.15) is 29.2 Å². The first-order valence-electron chi connectivity index (χ1n) is 9.02. The van der Waals surface area contributed by atoms with Crippen LogP contribution >= 0.6 is 0 Å². The Kier molecular flexibility index (Phi) is 4.74. The lowest BCUT2D eigenvalue weighted by molar-refractivity contribution is 0.143. The summed E-state index contributed by atoms with van der Waals surface area (Å²) in [4.78, 5) is 11.3. The fourth-order valence-corrected chi connectivity index (χ4v) is 3.96. The molecule has 0 amide bonds. The number of pyridine rings is 2. The highest BCUT2D eigenvalue weighted by molar-refractivity contribution is 5.53. The van der Waals surface area contributed by atoms with Crippen LogP contribution < -0.4 is 10.3 Å². The lowest BCUT2D eigenvalue weighted by Crippen LogP contribution is -2.38. The standard InChI is InChI=1S/C19H24FN5O/c1-24-18(14-6-3-9-21-19(14)23-24)17-15(20)7-8-16(22-17)25-10-4-5-13(11-25)12-26-2/h3,6-9,13,18H,4-5,10-12H2,1-2H3,(H,21,23). The first-order valence-corrected chi connectivity index (χ1v) is 9.02. The molecule has 6 nitrogen and oxygen atoms in total. The molecule has 2 aliphatic rings. The van der Waals surface area contributed by atoms with Gasteiger partial charge in [0, 0.05) is 39.0 Å². The van der Waals surface area contributed by atoms with E-state index in [1.165, 1.54) is 6.07 Å². The van der Waals surface area contributed by atoms with Crippen molar-refractivity contribution < 1.29 is 9.13 Å². The molecule has 26 heavy (non-hydrogen) atoms. The van der Waals surface area contributed by atoms with Crippen molar-refractivity contribution in [1.82, 2.24) is 15.0 Å². The molecule has 2 aromatic rings. The predicted molar refractivity (Wildman–Crippen MR) is 98.5 cm³/mol. The van der Waals surface area contributed by atoms with E-state index in [0.717, 1.165) is 49.7 Å². The number of aromatic nitrogens is 2. The van der Waals surface area contributed by atoms with E-state index in [9.17, 15) is 4.39 Å². The summed E-state index contributed by atoms with van der Waals surface area (Å²) in [5.74, 6) is 1.78. The minimum Gasteiger partial charge on any atom is -0.384 e. The molecule has 1 N–H and O–H groups in total. The second kappa shape index (κ2) is 7.17. The predicted octanol–water partition coefficient (Wildman–Crippen LogP) is 2.84. The number of piperidine rings is 1. The first kappa shape index (κ1) is 17.2. The fraction of sp³-hybridized carbons (Fsp3) is 0.474. The van der Waals surface area contributed by atoms with Gasteiger partial charge in [-0.2, -0.15) is 0 Å². The summed E-state index contributed by atoms with van der Waals surface area (Å²) >= 11 is 0. The molecule has 7 heteroatoms. The Bertz CT molecular complexity index is 784. The number of methoxy groups -OCH3 is 1. The van der Waals surface area contributed by atoms with Crippen LogP contribution in [0.25, 0.3) is 0 Å². The first-order chi connectivity index (χ1) is 12.7. The smallest absolute Gasteiger partial charge is 0.146 e. The number of nitrogens with one attached hydrogen (secondary N) is 1. The highest BCUT2D eigenvalue weighted by Crippen LogP contribution is 2.38. The molecule has 2 unspecified atom stereocenters. The van der Waals surface area contributed by atoms with Crippen LogP contribution in [-0.2, 0) is 4.74 Å². The van der Waals surface area contributed by atoms with E-state index in [1.807, 2.05) is 24.2 Å². The second-order valence-corrected chi connectivity index (χ2v) is 7.01. The highest BCUT2D eigenvalue weighted by Gasteiger charge is 2.33. The SMILES string of the molecule is COCC1CCCN(c2ccc(F)c(C3c4cccnc4NN3C)n2)C1. The van der Waals surface area contributed by atoms with Crippen LogP contribution in [0.2, 0.25) is 0 Å². The average Bonchev–Trinajstić information content (AvgIpc) is 2.98. The van der Waals surface area contributed by atoms with Crippen molar-refractivity contribution in [2.24, 2.45) is 5.92 Å². The Morgan fingerprint density at radius 2 is 2.23 bits per heavy atom. The van der Waals surface area contributed by atoms with Crippen molar-refractivity contribution in [3.63, 3.8) is 0 Å². The van der Waals surface area contributed by atoms with Gasteiger partial charge >= 0.3 is 0 Å². The van der Waals surface area contributed by atoms with Crippen LogP contribution in [0.15, 0.2) is 30.5 Å². The van der Waals surface area contributed by atoms with Gasteiger partial charge < -0.3 is 15.1 Å². The normalized spacial score (nSPS) is 23.0. The van der Waals surface area contributed by atoms with Crippen molar-refractivity contribution in [2.75, 3.05) is 44.2 Å². The minimum atomic E-state index is -0.297. The lowest BCUT2D eigenvalue weighted by atomic mass is 9.99. The Labute approximate surface area is 153 Å². The van der Waals surface area contributed by atoms with E-state index in [1.54, 1.807) is 19.4 Å². The topological polar surface area (TPSA) is 53.5 Å². The molecule has 4 rings (SSSR count). The maximum atomic E-state index is 14.7. The van der Waals surface area contributed by atoms with Crippen LogP contribution in [0.3, 0.4) is 0 Å². The van der Waals surface area contributed by atoms with Crippen LogP contribution in [0.1, 0.15) is 30.1 Å². The average molecular weight is 357 g/mol. The largest absolute Gasteiger partial charge is 0.384 e. The van der Waals surface area contributed by atoms with Gasteiger partial charge in [-0.25, -0.2) is 19.4 Å². The maximum absolute atomic E-state index is 14.7. The molecular weight excluding hydrogens is 333 g/mol. The summed E-state index contributed by atoms with van der Waals surface area (Å²) in [6, 6.07) is 6.85. The zero-order valence-corrected chi connectivity index (χ0v) is 15.2. The minimum absolute atomic E-state index is 0.293. The van der Waals surface area contributed by atoms with Crippen LogP contribution in [0, 0.1) is 11.7 Å².